The van der Waals surface area contributed by atoms with Crippen LogP contribution < -0.4 is 20.5 Å². The van der Waals surface area contributed by atoms with Gasteiger partial charge in [0.1, 0.15) is 60.1 Å². The zero-order valence-corrected chi connectivity index (χ0v) is 33.3. The summed E-state index contributed by atoms with van der Waals surface area (Å²) in [5, 5.41) is 37.7. The molecule has 2 aromatic heterocycles. The number of aryl methyl sites for hydroxylation is 2. The van der Waals surface area contributed by atoms with E-state index < -0.39 is 23.3 Å². The molecule has 6 aromatic rings. The molecule has 0 aliphatic carbocycles. The molecule has 6 rings (SSSR count). The zero-order chi connectivity index (χ0) is 44.6. The molecule has 0 spiro atoms. The van der Waals surface area contributed by atoms with Crippen molar-refractivity contribution in [2.75, 3.05) is 11.1 Å². The van der Waals surface area contributed by atoms with Crippen LogP contribution in [0, 0.1) is 96.3 Å². The van der Waals surface area contributed by atoms with Gasteiger partial charge in [0.15, 0.2) is 6.29 Å². The highest BCUT2D eigenvalue weighted by Gasteiger charge is 2.14. The van der Waals surface area contributed by atoms with Crippen molar-refractivity contribution in [2.24, 2.45) is 0 Å². The zero-order valence-electron chi connectivity index (χ0n) is 33.3. The predicted octanol–water partition coefficient (Wildman–Crippen LogP) is 9.29. The summed E-state index contributed by atoms with van der Waals surface area (Å²) in [5.41, 5.74) is 11.2. The molecule has 0 saturated heterocycles. The topological polar surface area (TPSA) is 195 Å². The van der Waals surface area contributed by atoms with E-state index in [2.05, 4.69) is 27.4 Å². The standard InChI is InChI=1S/C23H18F2N4O.C16H14N2O2.C7H4F2N2/c1-14-19(12-29-22-8-20(24)18(10-27)7-21(22)25)11-28-15(2)23(14)30-13-17-5-3-4-16(6-17)9-26;1-11-15(9-19)8-18-12(2)16(11)20-10-14-5-3-4-13(6-14)7-17;8-5-2-7(11)6(9)1-4(5)3-10/h3-8,11,29H,12-13H2,1-2H3;3-6,8-9H,10H2,1-2H3;1-2H,11H2. The summed E-state index contributed by atoms with van der Waals surface area (Å²) in [7, 11) is 0. The van der Waals surface area contributed by atoms with Gasteiger partial charge in [0.25, 0.3) is 0 Å². The van der Waals surface area contributed by atoms with E-state index in [1.54, 1.807) is 48.8 Å². The molecule has 4 aromatic carbocycles. The third-order valence-corrected chi connectivity index (χ3v) is 8.92. The van der Waals surface area contributed by atoms with E-state index in [-0.39, 0.29) is 35.7 Å². The minimum absolute atomic E-state index is 0.0396. The number of ether oxygens (including phenoxy) is 2. The number of benzene rings is 4. The molecule has 3 N–H and O–H groups in total. The number of halogens is 4. The van der Waals surface area contributed by atoms with Crippen molar-refractivity contribution in [2.45, 2.75) is 47.5 Å². The van der Waals surface area contributed by atoms with Gasteiger partial charge in [-0.05, 0) is 86.3 Å². The van der Waals surface area contributed by atoms with Gasteiger partial charge in [-0.2, -0.15) is 21.0 Å². The van der Waals surface area contributed by atoms with Crippen molar-refractivity contribution in [3.8, 4) is 35.8 Å². The van der Waals surface area contributed by atoms with Crippen LogP contribution >= 0.6 is 0 Å². The van der Waals surface area contributed by atoms with Crippen molar-refractivity contribution in [3.63, 3.8) is 0 Å². The van der Waals surface area contributed by atoms with Crippen molar-refractivity contribution in [1.82, 2.24) is 9.97 Å². The quantitative estimate of drug-likeness (QED) is 0.0759. The highest BCUT2D eigenvalue weighted by Crippen LogP contribution is 2.28. The average Bonchev–Trinajstić information content (AvgIpc) is 3.26. The number of anilines is 2. The molecule has 0 saturated carbocycles. The maximum atomic E-state index is 14.1. The predicted molar refractivity (Wildman–Crippen MR) is 218 cm³/mol. The molecule has 0 fully saturated rings. The Bertz CT molecular complexity index is 2750. The van der Waals surface area contributed by atoms with Gasteiger partial charge in [0.05, 0.1) is 57.2 Å². The maximum Gasteiger partial charge on any atom is 0.152 e. The van der Waals surface area contributed by atoms with E-state index >= 15 is 0 Å². The van der Waals surface area contributed by atoms with E-state index in [9.17, 15) is 22.4 Å². The molecule has 0 amide bonds. The van der Waals surface area contributed by atoms with E-state index in [1.807, 2.05) is 45.9 Å². The molecule has 0 aliphatic heterocycles. The molecule has 61 heavy (non-hydrogen) atoms. The Hall–Kier alpha value is -8.27. The van der Waals surface area contributed by atoms with Gasteiger partial charge in [-0.25, -0.2) is 17.6 Å². The second-order valence-corrected chi connectivity index (χ2v) is 13.1. The lowest BCUT2D eigenvalue weighted by Crippen LogP contribution is -2.08. The minimum atomic E-state index is -0.800. The summed E-state index contributed by atoms with van der Waals surface area (Å²) in [5.74, 6) is -1.85. The third kappa shape index (κ3) is 12.1. The second kappa shape index (κ2) is 21.5. The van der Waals surface area contributed by atoms with Gasteiger partial charge in [0.2, 0.25) is 0 Å². The van der Waals surface area contributed by atoms with Crippen LogP contribution in [0.1, 0.15) is 71.8 Å². The first-order chi connectivity index (χ1) is 29.2. The van der Waals surface area contributed by atoms with E-state index in [0.717, 1.165) is 64.1 Å². The fourth-order valence-corrected chi connectivity index (χ4v) is 5.57. The number of hydrogen-bond acceptors (Lipinski definition) is 11. The van der Waals surface area contributed by atoms with Crippen molar-refractivity contribution < 1.29 is 31.8 Å². The molecule has 2 heterocycles. The van der Waals surface area contributed by atoms with Crippen LogP contribution in [-0.4, -0.2) is 16.3 Å². The Balaban J connectivity index is 0.000000226. The smallest absolute Gasteiger partial charge is 0.152 e. The summed E-state index contributed by atoms with van der Waals surface area (Å²) in [6, 6.07) is 25.0. The van der Waals surface area contributed by atoms with Gasteiger partial charge < -0.3 is 20.5 Å². The number of rotatable bonds is 10. The van der Waals surface area contributed by atoms with E-state index in [4.69, 9.17) is 36.3 Å². The molecule has 306 valence electrons. The largest absolute Gasteiger partial charge is 0.487 e. The second-order valence-electron chi connectivity index (χ2n) is 13.1. The average molecular weight is 825 g/mol. The van der Waals surface area contributed by atoms with E-state index in [1.165, 1.54) is 6.07 Å². The monoisotopic (exact) mass is 824 g/mol. The number of nitrogens with one attached hydrogen (secondary N) is 1. The summed E-state index contributed by atoms with van der Waals surface area (Å²) in [6.45, 7) is 8.15. The molecule has 15 heteroatoms. The van der Waals surface area contributed by atoms with E-state index in [0.29, 0.717) is 40.5 Å². The number of nitrogen functional groups attached to an aromatic ring is 1. The molecular formula is C46H36F4N8O3. The summed E-state index contributed by atoms with van der Waals surface area (Å²) < 4.78 is 64.7. The normalized spacial score (nSPS) is 9.90. The first-order valence-corrected chi connectivity index (χ1v) is 18.1. The van der Waals surface area contributed by atoms with Crippen LogP contribution in [0.25, 0.3) is 0 Å². The molecule has 0 aliphatic rings. The first kappa shape index (κ1) is 45.4. The SMILES string of the molecule is Cc1ncc(C=O)c(C)c1OCc1cccc(C#N)c1.Cc1ncc(CNc2cc(F)c(C#N)cc2F)c(C)c1OCc1cccc(C#N)c1.N#Cc1cc(F)c(N)cc1F. The number of nitrogens with zero attached hydrogens (tertiary/aromatic N) is 6. The van der Waals surface area contributed by atoms with Gasteiger partial charge in [-0.1, -0.05) is 24.3 Å². The molecule has 0 bridgehead atoms. The lowest BCUT2D eigenvalue weighted by molar-refractivity contribution is 0.112. The number of aldehydes is 1. The Morgan fingerprint density at radius 1 is 0.656 bits per heavy atom. The van der Waals surface area contributed by atoms with Crippen LogP contribution in [0.15, 0.2) is 85.2 Å². The third-order valence-electron chi connectivity index (χ3n) is 8.92. The summed E-state index contributed by atoms with van der Waals surface area (Å²) in [6.07, 6.45) is 3.96. The Morgan fingerprint density at radius 2 is 1.16 bits per heavy atom. The first-order valence-electron chi connectivity index (χ1n) is 18.1. The van der Waals surface area contributed by atoms with Gasteiger partial charge in [-0.15, -0.1) is 0 Å². The number of pyridine rings is 2. The van der Waals surface area contributed by atoms with Crippen LogP contribution in [-0.2, 0) is 19.8 Å². The highest BCUT2D eigenvalue weighted by molar-refractivity contribution is 5.78. The van der Waals surface area contributed by atoms with Gasteiger partial charge in [0, 0.05) is 42.2 Å². The lowest BCUT2D eigenvalue weighted by atomic mass is 10.1. The Labute approximate surface area is 349 Å². The van der Waals surface area contributed by atoms with Crippen LogP contribution in [0.3, 0.4) is 0 Å². The number of carbonyl (C=O) groups excluding carboxylic acids is 1. The summed E-state index contributed by atoms with van der Waals surface area (Å²) >= 11 is 0. The van der Waals surface area contributed by atoms with Gasteiger partial charge in [-0.3, -0.25) is 14.8 Å². The molecule has 0 radical (unpaired) electrons. The number of nitriles is 4. The fourth-order valence-electron chi connectivity index (χ4n) is 5.57. The molecule has 0 unspecified atom stereocenters. The minimum Gasteiger partial charge on any atom is -0.487 e. The van der Waals surface area contributed by atoms with Crippen LogP contribution in [0.4, 0.5) is 28.9 Å². The van der Waals surface area contributed by atoms with Crippen LogP contribution in [0.5, 0.6) is 11.5 Å². The van der Waals surface area contributed by atoms with Crippen molar-refractivity contribution in [3.05, 3.63) is 175 Å². The highest BCUT2D eigenvalue weighted by atomic mass is 19.1. The van der Waals surface area contributed by atoms with Crippen LogP contribution in [0.2, 0.25) is 0 Å². The maximum absolute atomic E-state index is 14.1. The number of nitrogens with two attached hydrogens (primary N) is 1. The molecule has 11 nitrogen and oxygen atoms in total. The Morgan fingerprint density at radius 3 is 1.69 bits per heavy atom. The molecular weight excluding hydrogens is 789 g/mol. The molecule has 0 atom stereocenters. The van der Waals surface area contributed by atoms with Gasteiger partial charge >= 0.3 is 0 Å². The van der Waals surface area contributed by atoms with Crippen molar-refractivity contribution >= 4 is 17.7 Å². The fraction of sp³-hybridized carbons (Fsp3) is 0.152. The number of hydrogen-bond donors (Lipinski definition) is 2. The number of aromatic nitrogens is 2. The lowest BCUT2D eigenvalue weighted by Gasteiger charge is -2.16. The number of carbonyl (C=O) groups is 1. The van der Waals surface area contributed by atoms with Crippen molar-refractivity contribution in [1.29, 1.82) is 21.0 Å². The Kier molecular flexibility index (Phi) is 16.0. The summed E-state index contributed by atoms with van der Waals surface area (Å²) in [4.78, 5) is 19.4.